The first-order valence-electron chi connectivity index (χ1n) is 8.45. The molecule has 7 heteroatoms. The van der Waals surface area contributed by atoms with Crippen molar-refractivity contribution >= 4 is 5.91 Å². The number of hydrogen-bond acceptors (Lipinski definition) is 5. The van der Waals surface area contributed by atoms with Gasteiger partial charge < -0.3 is 19.5 Å². The Balaban J connectivity index is 1.33. The van der Waals surface area contributed by atoms with E-state index in [0.717, 1.165) is 23.4 Å². The lowest BCUT2D eigenvalue weighted by Gasteiger charge is -2.19. The van der Waals surface area contributed by atoms with Crippen LogP contribution in [0.3, 0.4) is 0 Å². The molecule has 0 unspecified atom stereocenters. The Bertz CT molecular complexity index is 773. The van der Waals surface area contributed by atoms with Crippen LogP contribution in [-0.2, 0) is 23.0 Å². The minimum Gasteiger partial charge on any atom is -0.454 e. The number of ether oxygens (including phenoxy) is 3. The van der Waals surface area contributed by atoms with E-state index in [0.29, 0.717) is 25.3 Å². The van der Waals surface area contributed by atoms with Crippen molar-refractivity contribution in [3.05, 3.63) is 41.7 Å². The second-order valence-electron chi connectivity index (χ2n) is 6.39. The van der Waals surface area contributed by atoms with Gasteiger partial charge in [-0.3, -0.25) is 9.48 Å². The molecule has 1 aromatic heterocycles. The molecule has 3 heterocycles. The number of amides is 1. The highest BCUT2D eigenvalue weighted by Crippen LogP contribution is 2.34. The van der Waals surface area contributed by atoms with Gasteiger partial charge in [0.05, 0.1) is 12.1 Å². The average Bonchev–Trinajstić information content (AvgIpc) is 3.32. The molecule has 1 amide bonds. The summed E-state index contributed by atoms with van der Waals surface area (Å²) in [5, 5.41) is 7.23. The van der Waals surface area contributed by atoms with Gasteiger partial charge in [0.2, 0.25) is 12.7 Å². The normalized spacial score (nSPS) is 21.5. The maximum absolute atomic E-state index is 12.3. The number of carbonyl (C=O) groups excluding carboxylic acids is 1. The molecule has 2 aromatic rings. The third-order valence-electron chi connectivity index (χ3n) is 4.73. The number of fused-ring (bicyclic) bond motifs is 1. The lowest BCUT2D eigenvalue weighted by molar-refractivity contribution is -0.120. The fraction of sp³-hybridized carbons (Fsp3) is 0.444. The Morgan fingerprint density at radius 1 is 1.32 bits per heavy atom. The minimum absolute atomic E-state index is 0.00507. The smallest absolute Gasteiger partial charge is 0.231 e. The molecule has 0 saturated carbocycles. The number of carbonyl (C=O) groups is 1. The maximum atomic E-state index is 12.3. The van der Waals surface area contributed by atoms with Gasteiger partial charge in [0.25, 0.3) is 0 Å². The number of nitrogens with one attached hydrogen (secondary N) is 1. The number of hydrogen-bond donors (Lipinski definition) is 1. The first-order chi connectivity index (χ1) is 12.2. The molecule has 1 aromatic carbocycles. The standard InChI is InChI=1S/C18H21N3O4/c1-21-14(4-6-20-21)18-13(5-7-23-18)10-19-17(22)9-12-2-3-15-16(8-12)25-11-24-15/h2-4,6,8,13,18H,5,7,9-11H2,1H3,(H,19,22)/t13-,18+/m0/s1. The summed E-state index contributed by atoms with van der Waals surface area (Å²) in [6.45, 7) is 1.54. The third kappa shape index (κ3) is 3.32. The molecule has 7 nitrogen and oxygen atoms in total. The topological polar surface area (TPSA) is 74.6 Å². The van der Waals surface area contributed by atoms with Crippen molar-refractivity contribution in [2.75, 3.05) is 19.9 Å². The van der Waals surface area contributed by atoms with E-state index in [1.807, 2.05) is 36.0 Å². The molecule has 132 valence electrons. The van der Waals surface area contributed by atoms with Crippen molar-refractivity contribution < 1.29 is 19.0 Å². The lowest BCUT2D eigenvalue weighted by atomic mass is 9.98. The summed E-state index contributed by atoms with van der Waals surface area (Å²) in [5.74, 6) is 1.68. The Labute approximate surface area is 145 Å². The minimum atomic E-state index is -0.0154. The summed E-state index contributed by atoms with van der Waals surface area (Å²) in [4.78, 5) is 12.3. The number of aryl methyl sites for hydroxylation is 1. The molecule has 4 rings (SSSR count). The summed E-state index contributed by atoms with van der Waals surface area (Å²) in [7, 11) is 1.91. The summed E-state index contributed by atoms with van der Waals surface area (Å²) in [6.07, 6.45) is 3.01. The van der Waals surface area contributed by atoms with Gasteiger partial charge in [0.1, 0.15) is 6.10 Å². The summed E-state index contributed by atoms with van der Waals surface area (Å²) >= 11 is 0. The van der Waals surface area contributed by atoms with Crippen LogP contribution in [-0.4, -0.2) is 35.6 Å². The number of aromatic nitrogens is 2. The Kier molecular flexibility index (Phi) is 4.31. The van der Waals surface area contributed by atoms with E-state index in [4.69, 9.17) is 14.2 Å². The highest BCUT2D eigenvalue weighted by atomic mass is 16.7. The number of benzene rings is 1. The Hall–Kier alpha value is -2.54. The van der Waals surface area contributed by atoms with Crippen LogP contribution in [0.4, 0.5) is 0 Å². The highest BCUT2D eigenvalue weighted by molar-refractivity contribution is 5.78. The Morgan fingerprint density at radius 3 is 3.04 bits per heavy atom. The van der Waals surface area contributed by atoms with E-state index in [1.54, 1.807) is 6.20 Å². The second-order valence-corrected chi connectivity index (χ2v) is 6.39. The largest absolute Gasteiger partial charge is 0.454 e. The molecule has 1 fully saturated rings. The van der Waals surface area contributed by atoms with Crippen LogP contribution < -0.4 is 14.8 Å². The first kappa shape index (κ1) is 16.0. The zero-order valence-corrected chi connectivity index (χ0v) is 14.1. The SMILES string of the molecule is Cn1nccc1[C@@H]1OCC[C@H]1CNC(=O)Cc1ccc2c(c1)OCO2. The van der Waals surface area contributed by atoms with Crippen molar-refractivity contribution in [3.8, 4) is 11.5 Å². The molecule has 1 N–H and O–H groups in total. The molecule has 2 atom stereocenters. The van der Waals surface area contributed by atoms with Crippen molar-refractivity contribution in [2.24, 2.45) is 13.0 Å². The molecule has 2 aliphatic rings. The van der Waals surface area contributed by atoms with Crippen LogP contribution in [0, 0.1) is 5.92 Å². The molecule has 0 aliphatic carbocycles. The van der Waals surface area contributed by atoms with Crippen LogP contribution in [0.15, 0.2) is 30.5 Å². The maximum Gasteiger partial charge on any atom is 0.231 e. The van der Waals surface area contributed by atoms with E-state index in [9.17, 15) is 4.79 Å². The van der Waals surface area contributed by atoms with Gasteiger partial charge >= 0.3 is 0 Å². The van der Waals surface area contributed by atoms with Gasteiger partial charge in [-0.1, -0.05) is 6.07 Å². The predicted octanol–water partition coefficient (Wildman–Crippen LogP) is 1.59. The van der Waals surface area contributed by atoms with E-state index in [1.165, 1.54) is 0 Å². The summed E-state index contributed by atoms with van der Waals surface area (Å²) in [5.41, 5.74) is 1.96. The van der Waals surface area contributed by atoms with Crippen LogP contribution >= 0.6 is 0 Å². The van der Waals surface area contributed by atoms with Crippen molar-refractivity contribution in [1.29, 1.82) is 0 Å². The second kappa shape index (κ2) is 6.76. The van der Waals surface area contributed by atoms with Crippen molar-refractivity contribution in [2.45, 2.75) is 18.9 Å². The van der Waals surface area contributed by atoms with Crippen LogP contribution in [0.1, 0.15) is 23.8 Å². The fourth-order valence-electron chi connectivity index (χ4n) is 3.38. The highest BCUT2D eigenvalue weighted by Gasteiger charge is 2.31. The zero-order chi connectivity index (χ0) is 17.2. The molecule has 25 heavy (non-hydrogen) atoms. The monoisotopic (exact) mass is 343 g/mol. The first-order valence-corrected chi connectivity index (χ1v) is 8.45. The van der Waals surface area contributed by atoms with E-state index in [2.05, 4.69) is 10.4 Å². The molecule has 2 aliphatic heterocycles. The summed E-state index contributed by atoms with van der Waals surface area (Å²) < 4.78 is 18.3. The van der Waals surface area contributed by atoms with Crippen LogP contribution in [0.25, 0.3) is 0 Å². The van der Waals surface area contributed by atoms with Crippen LogP contribution in [0.5, 0.6) is 11.5 Å². The molecular formula is C18H21N3O4. The van der Waals surface area contributed by atoms with Gasteiger partial charge in [-0.25, -0.2) is 0 Å². The zero-order valence-electron chi connectivity index (χ0n) is 14.1. The van der Waals surface area contributed by atoms with E-state index >= 15 is 0 Å². The van der Waals surface area contributed by atoms with Gasteiger partial charge in [0.15, 0.2) is 11.5 Å². The van der Waals surface area contributed by atoms with Crippen LogP contribution in [0.2, 0.25) is 0 Å². The van der Waals surface area contributed by atoms with Crippen molar-refractivity contribution in [1.82, 2.24) is 15.1 Å². The number of nitrogens with zero attached hydrogens (tertiary/aromatic N) is 2. The lowest BCUT2D eigenvalue weighted by Crippen LogP contribution is -2.32. The number of rotatable bonds is 5. The molecule has 0 bridgehead atoms. The third-order valence-corrected chi connectivity index (χ3v) is 4.73. The van der Waals surface area contributed by atoms with Gasteiger partial charge in [-0.2, -0.15) is 5.10 Å². The van der Waals surface area contributed by atoms with E-state index < -0.39 is 0 Å². The average molecular weight is 343 g/mol. The van der Waals surface area contributed by atoms with Gasteiger partial charge in [-0.15, -0.1) is 0 Å². The van der Waals surface area contributed by atoms with Gasteiger partial charge in [-0.05, 0) is 30.2 Å². The van der Waals surface area contributed by atoms with Crippen molar-refractivity contribution in [3.63, 3.8) is 0 Å². The van der Waals surface area contributed by atoms with Gasteiger partial charge in [0, 0.05) is 32.3 Å². The summed E-state index contributed by atoms with van der Waals surface area (Å²) in [6, 6.07) is 7.56. The molecule has 0 spiro atoms. The Morgan fingerprint density at radius 2 is 2.20 bits per heavy atom. The van der Waals surface area contributed by atoms with E-state index in [-0.39, 0.29) is 24.7 Å². The predicted molar refractivity (Wildman–Crippen MR) is 89.3 cm³/mol. The fourth-order valence-corrected chi connectivity index (χ4v) is 3.38. The molecular weight excluding hydrogens is 322 g/mol. The quantitative estimate of drug-likeness (QED) is 0.892. The molecule has 1 saturated heterocycles. The molecule has 0 radical (unpaired) electrons.